The SMILES string of the molecule is c1ccc(-c2nc(-c3ccc4sc5ccccc5c4c3)nc(-c3ccc4oc5cccc(-c6cccc7c6sc6ccccc67)c5c4c3)n2)cc1. The van der Waals surface area contributed by atoms with Gasteiger partial charge < -0.3 is 4.42 Å². The number of aromatic nitrogens is 3. The maximum absolute atomic E-state index is 6.48. The van der Waals surface area contributed by atoms with Crippen LogP contribution in [0.1, 0.15) is 0 Å². The van der Waals surface area contributed by atoms with E-state index in [0.29, 0.717) is 17.5 Å². The zero-order valence-electron chi connectivity index (χ0n) is 27.0. The third-order valence-corrected chi connectivity index (χ3v) is 12.1. The second kappa shape index (κ2) is 11.2. The van der Waals surface area contributed by atoms with Gasteiger partial charge in [0.2, 0.25) is 0 Å². The maximum atomic E-state index is 6.48. The maximum Gasteiger partial charge on any atom is 0.164 e. The summed E-state index contributed by atoms with van der Waals surface area (Å²) in [6.45, 7) is 0. The van der Waals surface area contributed by atoms with Gasteiger partial charge in [-0.2, -0.15) is 0 Å². The molecular formula is C45H25N3OS2. The van der Waals surface area contributed by atoms with E-state index >= 15 is 0 Å². The molecule has 0 unspecified atom stereocenters. The highest BCUT2D eigenvalue weighted by atomic mass is 32.1. The highest BCUT2D eigenvalue weighted by Crippen LogP contribution is 2.44. The number of furan rings is 1. The van der Waals surface area contributed by atoms with Crippen LogP contribution in [0.4, 0.5) is 0 Å². The molecule has 0 aliphatic rings. The van der Waals surface area contributed by atoms with Crippen molar-refractivity contribution in [2.45, 2.75) is 0 Å². The topological polar surface area (TPSA) is 51.8 Å². The first-order valence-electron chi connectivity index (χ1n) is 16.8. The Hall–Kier alpha value is -6.21. The number of hydrogen-bond donors (Lipinski definition) is 0. The van der Waals surface area contributed by atoms with Crippen molar-refractivity contribution in [3.63, 3.8) is 0 Å². The van der Waals surface area contributed by atoms with Crippen molar-refractivity contribution in [2.24, 2.45) is 0 Å². The average molecular weight is 688 g/mol. The lowest BCUT2D eigenvalue weighted by Crippen LogP contribution is -2.00. The molecule has 4 aromatic heterocycles. The fourth-order valence-electron chi connectivity index (χ4n) is 7.37. The van der Waals surface area contributed by atoms with Gasteiger partial charge in [-0.3, -0.25) is 0 Å². The summed E-state index contributed by atoms with van der Waals surface area (Å²) in [5, 5.41) is 7.15. The predicted octanol–water partition coefficient (Wildman–Crippen LogP) is 13.2. The molecule has 4 heterocycles. The fourth-order valence-corrected chi connectivity index (χ4v) is 9.68. The van der Waals surface area contributed by atoms with Crippen LogP contribution in [0.3, 0.4) is 0 Å². The smallest absolute Gasteiger partial charge is 0.164 e. The molecule has 0 saturated carbocycles. The van der Waals surface area contributed by atoms with Crippen molar-refractivity contribution < 1.29 is 4.42 Å². The molecule has 0 bridgehead atoms. The van der Waals surface area contributed by atoms with Gasteiger partial charge in [0, 0.05) is 73.4 Å². The summed E-state index contributed by atoms with van der Waals surface area (Å²) in [5.74, 6) is 1.90. The van der Waals surface area contributed by atoms with E-state index in [1.165, 1.54) is 45.9 Å². The molecule has 11 rings (SSSR count). The summed E-state index contributed by atoms with van der Waals surface area (Å²) in [6.07, 6.45) is 0. The van der Waals surface area contributed by atoms with Crippen molar-refractivity contribution in [3.05, 3.63) is 152 Å². The molecule has 51 heavy (non-hydrogen) atoms. The van der Waals surface area contributed by atoms with Crippen molar-refractivity contribution in [1.29, 1.82) is 0 Å². The van der Waals surface area contributed by atoms with Crippen LogP contribution < -0.4 is 0 Å². The van der Waals surface area contributed by atoms with Gasteiger partial charge in [-0.15, -0.1) is 22.7 Å². The van der Waals surface area contributed by atoms with Crippen LogP contribution in [0.2, 0.25) is 0 Å². The van der Waals surface area contributed by atoms with Gasteiger partial charge in [0.15, 0.2) is 17.5 Å². The molecule has 7 aromatic carbocycles. The molecule has 0 saturated heterocycles. The lowest BCUT2D eigenvalue weighted by atomic mass is 9.97. The average Bonchev–Trinajstić information content (AvgIpc) is 3.89. The van der Waals surface area contributed by atoms with Crippen LogP contribution in [0.25, 0.3) is 108 Å². The minimum absolute atomic E-state index is 0.620. The van der Waals surface area contributed by atoms with Gasteiger partial charge in [-0.25, -0.2) is 15.0 Å². The van der Waals surface area contributed by atoms with Crippen LogP contribution in [0, 0.1) is 0 Å². The third kappa shape index (κ3) is 4.54. The summed E-state index contributed by atoms with van der Waals surface area (Å²) >= 11 is 3.65. The quantitative estimate of drug-likeness (QED) is 0.185. The zero-order valence-corrected chi connectivity index (χ0v) is 28.6. The Labute approximate surface area is 299 Å². The van der Waals surface area contributed by atoms with E-state index in [-0.39, 0.29) is 0 Å². The van der Waals surface area contributed by atoms with E-state index in [4.69, 9.17) is 19.4 Å². The number of hydrogen-bond acceptors (Lipinski definition) is 6. The lowest BCUT2D eigenvalue weighted by molar-refractivity contribution is 0.669. The summed E-state index contributed by atoms with van der Waals surface area (Å²) < 4.78 is 11.6. The molecule has 4 nitrogen and oxygen atoms in total. The predicted molar refractivity (Wildman–Crippen MR) is 215 cm³/mol. The summed E-state index contributed by atoms with van der Waals surface area (Å²) in [4.78, 5) is 15.2. The van der Waals surface area contributed by atoms with Gasteiger partial charge in [0.25, 0.3) is 0 Å². The molecular weight excluding hydrogens is 663 g/mol. The first-order chi connectivity index (χ1) is 25.2. The Kier molecular flexibility index (Phi) is 6.26. The van der Waals surface area contributed by atoms with E-state index in [9.17, 15) is 0 Å². The van der Waals surface area contributed by atoms with Crippen molar-refractivity contribution >= 4 is 85.0 Å². The number of benzene rings is 7. The monoisotopic (exact) mass is 687 g/mol. The van der Waals surface area contributed by atoms with Gasteiger partial charge >= 0.3 is 0 Å². The zero-order chi connectivity index (χ0) is 33.5. The van der Waals surface area contributed by atoms with Gasteiger partial charge in [0.05, 0.1) is 0 Å². The van der Waals surface area contributed by atoms with Crippen LogP contribution in [0.15, 0.2) is 156 Å². The first-order valence-corrected chi connectivity index (χ1v) is 18.5. The molecule has 0 aliphatic heterocycles. The molecule has 0 N–H and O–H groups in total. The Morgan fingerprint density at radius 3 is 1.76 bits per heavy atom. The molecule has 6 heteroatoms. The Morgan fingerprint density at radius 1 is 0.373 bits per heavy atom. The first kappa shape index (κ1) is 28.6. The molecule has 0 fully saturated rings. The van der Waals surface area contributed by atoms with Crippen molar-refractivity contribution in [2.75, 3.05) is 0 Å². The highest BCUT2D eigenvalue weighted by Gasteiger charge is 2.19. The van der Waals surface area contributed by atoms with Crippen LogP contribution >= 0.6 is 22.7 Å². The number of thiophene rings is 2. The number of nitrogens with zero attached hydrogens (tertiary/aromatic N) is 3. The number of fused-ring (bicyclic) bond motifs is 9. The van der Waals surface area contributed by atoms with Crippen molar-refractivity contribution in [1.82, 2.24) is 15.0 Å². The van der Waals surface area contributed by atoms with Gasteiger partial charge in [0.1, 0.15) is 11.2 Å². The standard InChI is InChI=1S/C45H25N3OS2/c1-2-10-26(11-3-1)43-46-44(48-45(47-43)28-21-23-40-34(24-28)30-13-5-6-18-38(30)50-40)27-20-22-36-35(25-27)41-31(14-9-17-37(41)49-36)33-16-8-15-32-29-12-4-7-19-39(29)51-42(32)33/h1-25H. The van der Waals surface area contributed by atoms with E-state index in [1.54, 1.807) is 0 Å². The molecule has 238 valence electrons. The Bertz CT molecular complexity index is 3160. The highest BCUT2D eigenvalue weighted by molar-refractivity contribution is 7.26. The summed E-state index contributed by atoms with van der Waals surface area (Å²) in [7, 11) is 0. The van der Waals surface area contributed by atoms with Crippen molar-refractivity contribution in [3.8, 4) is 45.3 Å². The third-order valence-electron chi connectivity index (χ3n) is 9.75. The molecule has 0 amide bonds. The molecule has 11 aromatic rings. The van der Waals surface area contributed by atoms with E-state index in [0.717, 1.165) is 44.2 Å². The molecule has 0 spiro atoms. The van der Waals surface area contributed by atoms with E-state index in [2.05, 4.69) is 115 Å². The second-order valence-electron chi connectivity index (χ2n) is 12.8. The summed E-state index contributed by atoms with van der Waals surface area (Å²) in [6, 6.07) is 53.1. The minimum atomic E-state index is 0.620. The van der Waals surface area contributed by atoms with Crippen LogP contribution in [-0.4, -0.2) is 15.0 Å². The van der Waals surface area contributed by atoms with Crippen LogP contribution in [-0.2, 0) is 0 Å². The molecule has 0 radical (unpaired) electrons. The van der Waals surface area contributed by atoms with Crippen LogP contribution in [0.5, 0.6) is 0 Å². The minimum Gasteiger partial charge on any atom is -0.456 e. The number of rotatable bonds is 4. The lowest BCUT2D eigenvalue weighted by Gasteiger charge is -2.09. The Balaban J connectivity index is 1.12. The largest absolute Gasteiger partial charge is 0.456 e. The van der Waals surface area contributed by atoms with E-state index < -0.39 is 0 Å². The van der Waals surface area contributed by atoms with Gasteiger partial charge in [-0.1, -0.05) is 97.1 Å². The van der Waals surface area contributed by atoms with E-state index in [1.807, 2.05) is 59.1 Å². The van der Waals surface area contributed by atoms with Gasteiger partial charge in [-0.05, 0) is 60.2 Å². The molecule has 0 atom stereocenters. The second-order valence-corrected chi connectivity index (χ2v) is 14.9. The molecule has 0 aliphatic carbocycles. The Morgan fingerprint density at radius 2 is 0.961 bits per heavy atom. The normalized spacial score (nSPS) is 11.9. The summed E-state index contributed by atoms with van der Waals surface area (Å²) in [5.41, 5.74) is 6.85. The fraction of sp³-hybridized carbons (Fsp3) is 0.